The number of nitrogens with one attached hydrogen (secondary N) is 2. The highest BCUT2D eigenvalue weighted by atomic mass is 16.5. The third kappa shape index (κ3) is 7.62. The van der Waals surface area contributed by atoms with Crippen molar-refractivity contribution in [1.29, 1.82) is 0 Å². The Bertz CT molecular complexity index is 793. The monoisotopic (exact) mass is 399 g/mol. The Kier molecular flexibility index (Phi) is 9.24. The van der Waals surface area contributed by atoms with Crippen LogP contribution in [0.5, 0.6) is 5.75 Å². The van der Waals surface area contributed by atoms with Crippen molar-refractivity contribution in [2.45, 2.75) is 26.4 Å². The average Bonchev–Trinajstić information content (AvgIpc) is 2.72. The summed E-state index contributed by atoms with van der Waals surface area (Å²) in [6.07, 6.45) is 2.68. The molecule has 0 aliphatic heterocycles. The summed E-state index contributed by atoms with van der Waals surface area (Å²) in [7, 11) is 7.44. The molecule has 1 heterocycles. The summed E-state index contributed by atoms with van der Waals surface area (Å²) in [6, 6.07) is 10.3. The zero-order chi connectivity index (χ0) is 21.1. The topological polar surface area (TPSA) is 71.0 Å². The predicted molar refractivity (Wildman–Crippen MR) is 119 cm³/mol. The molecule has 0 unspecified atom stereocenters. The number of benzene rings is 1. The van der Waals surface area contributed by atoms with Crippen LogP contribution < -0.4 is 20.3 Å². The molecule has 0 radical (unpaired) electrons. The van der Waals surface area contributed by atoms with Crippen LogP contribution in [0.3, 0.4) is 0 Å². The van der Waals surface area contributed by atoms with Crippen LogP contribution in [0, 0.1) is 6.92 Å². The molecule has 2 aromatic rings. The van der Waals surface area contributed by atoms with Gasteiger partial charge in [-0.15, -0.1) is 0 Å². The molecule has 1 aromatic carbocycles. The van der Waals surface area contributed by atoms with Gasteiger partial charge in [0.1, 0.15) is 11.6 Å². The molecule has 0 saturated heterocycles. The van der Waals surface area contributed by atoms with Crippen LogP contribution in [0.4, 0.5) is 5.82 Å². The second-order valence-corrected chi connectivity index (χ2v) is 7.00. The van der Waals surface area contributed by atoms with Crippen molar-refractivity contribution in [3.05, 3.63) is 53.2 Å². The van der Waals surface area contributed by atoms with E-state index < -0.39 is 0 Å². The summed E-state index contributed by atoms with van der Waals surface area (Å²) in [6.45, 7) is 4.68. The lowest BCUT2D eigenvalue weighted by molar-refractivity contribution is 0.171. The van der Waals surface area contributed by atoms with Crippen molar-refractivity contribution >= 4 is 11.8 Å². The molecular weight excluding hydrogens is 366 g/mol. The summed E-state index contributed by atoms with van der Waals surface area (Å²) in [4.78, 5) is 10.7. The van der Waals surface area contributed by atoms with Gasteiger partial charge in [0.2, 0.25) is 0 Å². The van der Waals surface area contributed by atoms with Crippen molar-refractivity contribution in [2.75, 3.05) is 46.4 Å². The molecule has 0 fully saturated rings. The van der Waals surface area contributed by atoms with E-state index in [1.165, 1.54) is 5.56 Å². The normalized spacial score (nSPS) is 11.3. The van der Waals surface area contributed by atoms with E-state index in [0.29, 0.717) is 26.3 Å². The summed E-state index contributed by atoms with van der Waals surface area (Å²) < 4.78 is 11.0. The standard InChI is InChI=1S/C22H33N5O2/c1-17-7-8-19(20(13-17)29-12-6-11-28-5)16-26-22(23-2)25-15-18-9-10-24-21(14-18)27(3)4/h7-10,13-14H,6,11-12,15-16H2,1-5H3,(H2,23,25,26). The van der Waals surface area contributed by atoms with E-state index in [9.17, 15) is 0 Å². The Morgan fingerprint density at radius 2 is 1.90 bits per heavy atom. The van der Waals surface area contributed by atoms with Crippen molar-refractivity contribution in [2.24, 2.45) is 4.99 Å². The average molecular weight is 400 g/mol. The molecule has 0 aliphatic rings. The van der Waals surface area contributed by atoms with Gasteiger partial charge < -0.3 is 25.0 Å². The first-order valence-electron chi connectivity index (χ1n) is 9.81. The van der Waals surface area contributed by atoms with E-state index in [4.69, 9.17) is 9.47 Å². The van der Waals surface area contributed by atoms with Gasteiger partial charge in [-0.2, -0.15) is 0 Å². The summed E-state index contributed by atoms with van der Waals surface area (Å²) in [5, 5.41) is 6.71. The third-order valence-corrected chi connectivity index (χ3v) is 4.37. The molecule has 7 heteroatoms. The molecule has 2 N–H and O–H groups in total. The van der Waals surface area contributed by atoms with Gasteiger partial charge >= 0.3 is 0 Å². The number of nitrogens with zero attached hydrogens (tertiary/aromatic N) is 3. The second kappa shape index (κ2) is 11.9. The molecule has 0 spiro atoms. The first kappa shape index (κ1) is 22.5. The van der Waals surface area contributed by atoms with Crippen LogP contribution in [-0.4, -0.2) is 52.4 Å². The van der Waals surface area contributed by atoms with Crippen LogP contribution in [-0.2, 0) is 17.8 Å². The number of anilines is 1. The number of methoxy groups -OCH3 is 1. The lowest BCUT2D eigenvalue weighted by atomic mass is 10.1. The van der Waals surface area contributed by atoms with Crippen molar-refractivity contribution in [1.82, 2.24) is 15.6 Å². The first-order valence-corrected chi connectivity index (χ1v) is 9.81. The van der Waals surface area contributed by atoms with Gasteiger partial charge in [0, 0.05) is 66.1 Å². The Morgan fingerprint density at radius 1 is 1.10 bits per heavy atom. The Balaban J connectivity index is 1.92. The Labute approximate surface area is 174 Å². The summed E-state index contributed by atoms with van der Waals surface area (Å²) in [5.74, 6) is 2.56. The number of guanidine groups is 1. The molecule has 2 rings (SSSR count). The molecule has 7 nitrogen and oxygen atoms in total. The molecule has 29 heavy (non-hydrogen) atoms. The van der Waals surface area contributed by atoms with Crippen LogP contribution in [0.1, 0.15) is 23.1 Å². The number of pyridine rings is 1. The minimum atomic E-state index is 0.624. The highest BCUT2D eigenvalue weighted by molar-refractivity contribution is 5.79. The summed E-state index contributed by atoms with van der Waals surface area (Å²) >= 11 is 0. The van der Waals surface area contributed by atoms with Gasteiger partial charge in [0.05, 0.1) is 6.61 Å². The van der Waals surface area contributed by atoms with Crippen molar-refractivity contribution in [3.63, 3.8) is 0 Å². The Hall–Kier alpha value is -2.80. The molecule has 0 atom stereocenters. The number of aromatic nitrogens is 1. The zero-order valence-electron chi connectivity index (χ0n) is 18.2. The smallest absolute Gasteiger partial charge is 0.191 e. The van der Waals surface area contributed by atoms with E-state index in [-0.39, 0.29) is 0 Å². The van der Waals surface area contributed by atoms with E-state index in [1.807, 2.05) is 31.3 Å². The predicted octanol–water partition coefficient (Wildman–Crippen LogP) is 2.74. The number of ether oxygens (including phenoxy) is 2. The fourth-order valence-corrected chi connectivity index (χ4v) is 2.73. The molecule has 0 amide bonds. The zero-order valence-corrected chi connectivity index (χ0v) is 18.2. The van der Waals surface area contributed by atoms with E-state index in [0.717, 1.165) is 35.1 Å². The second-order valence-electron chi connectivity index (χ2n) is 7.00. The fraction of sp³-hybridized carbons (Fsp3) is 0.455. The SMILES string of the molecule is CN=C(NCc1ccnc(N(C)C)c1)NCc1ccc(C)cc1OCCCOC. The number of hydrogen-bond donors (Lipinski definition) is 2. The number of aliphatic imine (C=N–C) groups is 1. The highest BCUT2D eigenvalue weighted by Crippen LogP contribution is 2.20. The number of aryl methyl sites for hydroxylation is 1. The minimum absolute atomic E-state index is 0.624. The van der Waals surface area contributed by atoms with Gasteiger partial charge in [-0.05, 0) is 36.2 Å². The maximum atomic E-state index is 5.96. The van der Waals surface area contributed by atoms with Crippen LogP contribution in [0.15, 0.2) is 41.5 Å². The first-order chi connectivity index (χ1) is 14.0. The lowest BCUT2D eigenvalue weighted by Gasteiger charge is -2.16. The van der Waals surface area contributed by atoms with E-state index >= 15 is 0 Å². The van der Waals surface area contributed by atoms with Gasteiger partial charge in [0.25, 0.3) is 0 Å². The molecule has 0 aliphatic carbocycles. The Morgan fingerprint density at radius 3 is 2.62 bits per heavy atom. The van der Waals surface area contributed by atoms with E-state index in [1.54, 1.807) is 14.2 Å². The van der Waals surface area contributed by atoms with Crippen molar-refractivity contribution < 1.29 is 9.47 Å². The van der Waals surface area contributed by atoms with Crippen molar-refractivity contribution in [3.8, 4) is 5.75 Å². The lowest BCUT2D eigenvalue weighted by Crippen LogP contribution is -2.36. The van der Waals surface area contributed by atoms with Gasteiger partial charge in [-0.1, -0.05) is 12.1 Å². The number of hydrogen-bond acceptors (Lipinski definition) is 5. The quantitative estimate of drug-likeness (QED) is 0.364. The summed E-state index contributed by atoms with van der Waals surface area (Å²) in [5.41, 5.74) is 3.41. The van der Waals surface area contributed by atoms with Gasteiger partial charge in [-0.3, -0.25) is 4.99 Å². The molecule has 1 aromatic heterocycles. The maximum Gasteiger partial charge on any atom is 0.191 e. The maximum absolute atomic E-state index is 5.96. The largest absolute Gasteiger partial charge is 0.493 e. The fourth-order valence-electron chi connectivity index (χ4n) is 2.73. The van der Waals surface area contributed by atoms with Gasteiger partial charge in [-0.25, -0.2) is 4.98 Å². The molecule has 0 bridgehead atoms. The van der Waals surface area contributed by atoms with Gasteiger partial charge in [0.15, 0.2) is 5.96 Å². The molecule has 158 valence electrons. The van der Waals surface area contributed by atoms with Crippen LogP contribution >= 0.6 is 0 Å². The number of rotatable bonds is 10. The highest BCUT2D eigenvalue weighted by Gasteiger charge is 2.07. The molecular formula is C22H33N5O2. The minimum Gasteiger partial charge on any atom is -0.493 e. The van der Waals surface area contributed by atoms with Crippen LogP contribution in [0.25, 0.3) is 0 Å². The van der Waals surface area contributed by atoms with E-state index in [2.05, 4.69) is 51.8 Å². The molecule has 0 saturated carbocycles. The third-order valence-electron chi connectivity index (χ3n) is 4.37. The van der Waals surface area contributed by atoms with Crippen LogP contribution in [0.2, 0.25) is 0 Å².